The van der Waals surface area contributed by atoms with Gasteiger partial charge in [0, 0.05) is 0 Å². The van der Waals surface area contributed by atoms with Crippen LogP contribution in [0.4, 0.5) is 0 Å². The number of benzene rings is 1. The molecule has 0 aromatic heterocycles. The van der Waals surface area contributed by atoms with E-state index in [0.717, 1.165) is 0 Å². The van der Waals surface area contributed by atoms with Crippen LogP contribution in [0.25, 0.3) is 5.57 Å². The number of methoxy groups -OCH3 is 1. The fourth-order valence-electron chi connectivity index (χ4n) is 0.960. The Morgan fingerprint density at radius 2 is 2.38 bits per heavy atom. The third kappa shape index (κ3) is 2.04. The van der Waals surface area contributed by atoms with Crippen LogP contribution in [0.3, 0.4) is 0 Å². The van der Waals surface area contributed by atoms with Crippen molar-refractivity contribution in [2.45, 2.75) is 0 Å². The van der Waals surface area contributed by atoms with E-state index in [1.54, 1.807) is 31.4 Å². The number of allylic oxidation sites excluding steroid dienone is 1. The van der Waals surface area contributed by atoms with Crippen LogP contribution in [0.1, 0.15) is 5.56 Å². The van der Waals surface area contributed by atoms with Crippen LogP contribution in [0.15, 0.2) is 24.3 Å². The molecule has 0 fully saturated rings. The molecular formula is C10H9NO2. The van der Waals surface area contributed by atoms with Gasteiger partial charge in [0.25, 0.3) is 0 Å². The van der Waals surface area contributed by atoms with Gasteiger partial charge < -0.3 is 4.74 Å². The summed E-state index contributed by atoms with van der Waals surface area (Å²) >= 11 is 0. The molecule has 0 bridgehead atoms. The molecule has 0 saturated carbocycles. The van der Waals surface area contributed by atoms with Crippen molar-refractivity contribution in [1.82, 2.24) is 0 Å². The molecule has 3 nitrogen and oxygen atoms in total. The minimum absolute atomic E-state index is 0.221. The predicted molar refractivity (Wildman–Crippen MR) is 50.2 cm³/mol. The van der Waals surface area contributed by atoms with E-state index in [-0.39, 0.29) is 5.57 Å². The molecule has 0 spiro atoms. The molecule has 0 saturated heterocycles. The maximum atomic E-state index is 10.5. The zero-order valence-electron chi connectivity index (χ0n) is 7.20. The van der Waals surface area contributed by atoms with E-state index >= 15 is 0 Å². The van der Waals surface area contributed by atoms with E-state index in [9.17, 15) is 4.79 Å². The summed E-state index contributed by atoms with van der Waals surface area (Å²) in [4.78, 5) is 10.5. The number of nitrogens with one attached hydrogen (secondary N) is 1. The van der Waals surface area contributed by atoms with E-state index in [0.29, 0.717) is 17.6 Å². The number of aldehydes is 1. The Morgan fingerprint density at radius 3 is 2.92 bits per heavy atom. The maximum absolute atomic E-state index is 10.5. The van der Waals surface area contributed by atoms with E-state index in [4.69, 9.17) is 10.1 Å². The van der Waals surface area contributed by atoms with Gasteiger partial charge in [-0.25, -0.2) is 0 Å². The Morgan fingerprint density at radius 1 is 1.62 bits per heavy atom. The van der Waals surface area contributed by atoms with Gasteiger partial charge in [0.2, 0.25) is 0 Å². The van der Waals surface area contributed by atoms with Crippen LogP contribution in [-0.2, 0) is 4.79 Å². The minimum Gasteiger partial charge on any atom is -0.497 e. The number of hydrogen-bond acceptors (Lipinski definition) is 3. The normalized spacial score (nSPS) is 8.69. The summed E-state index contributed by atoms with van der Waals surface area (Å²) in [5.41, 5.74) is 0.864. The van der Waals surface area contributed by atoms with Crippen LogP contribution < -0.4 is 4.74 Å². The minimum atomic E-state index is 0.221. The first kappa shape index (κ1) is 9.23. The molecule has 0 heterocycles. The number of carbonyl (C=O) groups excluding carboxylic acids is 1. The van der Waals surface area contributed by atoms with Crippen LogP contribution in [0.5, 0.6) is 5.75 Å². The molecule has 0 aliphatic carbocycles. The van der Waals surface area contributed by atoms with Gasteiger partial charge in [-0.3, -0.25) is 10.2 Å². The van der Waals surface area contributed by atoms with E-state index in [1.807, 2.05) is 0 Å². The topological polar surface area (TPSA) is 50.1 Å². The molecule has 0 aliphatic rings. The van der Waals surface area contributed by atoms with Crippen molar-refractivity contribution in [2.24, 2.45) is 0 Å². The summed E-state index contributed by atoms with van der Waals surface area (Å²) in [5, 5.41) is 6.87. The third-order valence-corrected chi connectivity index (χ3v) is 1.63. The Kier molecular flexibility index (Phi) is 3.01. The highest BCUT2D eigenvalue weighted by molar-refractivity contribution is 6.18. The van der Waals surface area contributed by atoms with Crippen molar-refractivity contribution in [1.29, 1.82) is 5.41 Å². The van der Waals surface area contributed by atoms with Crippen LogP contribution in [-0.4, -0.2) is 19.3 Å². The first-order chi connectivity index (χ1) is 6.31. The van der Waals surface area contributed by atoms with E-state index in [1.165, 1.54) is 0 Å². The summed E-state index contributed by atoms with van der Waals surface area (Å²) in [6.45, 7) is 0. The average molecular weight is 175 g/mol. The second-order valence-electron chi connectivity index (χ2n) is 2.39. The molecule has 0 unspecified atom stereocenters. The van der Waals surface area contributed by atoms with Gasteiger partial charge in [-0.15, -0.1) is 0 Å². The van der Waals surface area contributed by atoms with Crippen molar-refractivity contribution >= 4 is 17.7 Å². The third-order valence-electron chi connectivity index (χ3n) is 1.63. The Labute approximate surface area is 76.2 Å². The largest absolute Gasteiger partial charge is 0.497 e. The highest BCUT2D eigenvalue weighted by Crippen LogP contribution is 2.16. The van der Waals surface area contributed by atoms with Crippen molar-refractivity contribution in [2.75, 3.05) is 7.11 Å². The monoisotopic (exact) mass is 175 g/mol. The molecule has 0 amide bonds. The molecule has 66 valence electrons. The highest BCUT2D eigenvalue weighted by Gasteiger charge is 2.00. The molecule has 0 radical (unpaired) electrons. The Balaban J connectivity index is 3.15. The van der Waals surface area contributed by atoms with E-state index < -0.39 is 0 Å². The fraction of sp³-hybridized carbons (Fsp3) is 0.100. The summed E-state index contributed by atoms with van der Waals surface area (Å²) in [5.74, 6) is 2.72. The fourth-order valence-corrected chi connectivity index (χ4v) is 0.960. The number of hydrogen-bond donors (Lipinski definition) is 1. The Bertz CT molecular complexity index is 365. The summed E-state index contributed by atoms with van der Waals surface area (Å²) < 4.78 is 4.98. The molecule has 1 rings (SSSR count). The summed E-state index contributed by atoms with van der Waals surface area (Å²) in [7, 11) is 1.55. The number of ether oxygens (including phenoxy) is 1. The molecular weight excluding hydrogens is 166 g/mol. The smallest absolute Gasteiger partial charge is 0.159 e. The maximum Gasteiger partial charge on any atom is 0.159 e. The number of rotatable bonds is 3. The average Bonchev–Trinajstić information content (AvgIpc) is 2.20. The molecule has 0 atom stereocenters. The lowest BCUT2D eigenvalue weighted by Crippen LogP contribution is -1.88. The van der Waals surface area contributed by atoms with Crippen molar-refractivity contribution < 1.29 is 9.53 Å². The lowest BCUT2D eigenvalue weighted by Gasteiger charge is -2.01. The van der Waals surface area contributed by atoms with Crippen LogP contribution in [0, 0.1) is 5.41 Å². The second-order valence-corrected chi connectivity index (χ2v) is 2.39. The first-order valence-corrected chi connectivity index (χ1v) is 3.71. The van der Waals surface area contributed by atoms with Gasteiger partial charge >= 0.3 is 0 Å². The van der Waals surface area contributed by atoms with Crippen LogP contribution >= 0.6 is 0 Å². The SMILES string of the molecule is COc1cccc(C(=C=N)C=O)c1. The Hall–Kier alpha value is -1.86. The standard InChI is InChI=1S/C10H9NO2/c1-13-10-4-2-3-8(5-10)9(6-11)7-12/h2-5,7,11H,1H3. The first-order valence-electron chi connectivity index (χ1n) is 3.71. The van der Waals surface area contributed by atoms with Gasteiger partial charge in [-0.05, 0) is 23.6 Å². The van der Waals surface area contributed by atoms with Gasteiger partial charge in [0.05, 0.1) is 12.7 Å². The van der Waals surface area contributed by atoms with Gasteiger partial charge in [-0.2, -0.15) is 0 Å². The van der Waals surface area contributed by atoms with Crippen molar-refractivity contribution in [3.05, 3.63) is 29.8 Å². The molecule has 0 aliphatic heterocycles. The molecule has 3 heteroatoms. The lowest BCUT2D eigenvalue weighted by atomic mass is 10.1. The van der Waals surface area contributed by atoms with Crippen LogP contribution in [0.2, 0.25) is 0 Å². The zero-order valence-corrected chi connectivity index (χ0v) is 7.20. The number of carbonyl (C=O) groups is 1. The van der Waals surface area contributed by atoms with Gasteiger partial charge in [0.1, 0.15) is 5.75 Å². The van der Waals surface area contributed by atoms with Gasteiger partial charge in [0.15, 0.2) is 6.29 Å². The molecule has 1 N–H and O–H groups in total. The molecule has 1 aromatic carbocycles. The zero-order chi connectivity index (χ0) is 9.68. The summed E-state index contributed by atoms with van der Waals surface area (Å²) in [6.07, 6.45) is 0.599. The van der Waals surface area contributed by atoms with Crippen molar-refractivity contribution in [3.8, 4) is 5.75 Å². The quantitative estimate of drug-likeness (QED) is 0.430. The van der Waals surface area contributed by atoms with Gasteiger partial charge in [-0.1, -0.05) is 12.1 Å². The molecule has 13 heavy (non-hydrogen) atoms. The lowest BCUT2D eigenvalue weighted by molar-refractivity contribution is -0.103. The molecule has 1 aromatic rings. The van der Waals surface area contributed by atoms with E-state index in [2.05, 4.69) is 5.87 Å². The summed E-state index contributed by atoms with van der Waals surface area (Å²) in [6, 6.07) is 6.95. The predicted octanol–water partition coefficient (Wildman–Crippen LogP) is 1.53. The second kappa shape index (κ2) is 4.24. The highest BCUT2D eigenvalue weighted by atomic mass is 16.5. The van der Waals surface area contributed by atoms with Crippen molar-refractivity contribution in [3.63, 3.8) is 0 Å².